The van der Waals surface area contributed by atoms with Crippen LogP contribution >= 0.6 is 11.3 Å². The maximum atomic E-state index is 14.1. The Labute approximate surface area is 181 Å². The van der Waals surface area contributed by atoms with E-state index in [2.05, 4.69) is 0 Å². The summed E-state index contributed by atoms with van der Waals surface area (Å²) in [6, 6.07) is 12.0. The number of thiophene rings is 1. The highest BCUT2D eigenvalue weighted by molar-refractivity contribution is 7.20. The Morgan fingerprint density at radius 3 is 2.48 bits per heavy atom. The van der Waals surface area contributed by atoms with Gasteiger partial charge in [0.05, 0.1) is 23.6 Å². The molecular weight excluding hydrogens is 423 g/mol. The molecule has 2 aromatic carbocycles. The first kappa shape index (κ1) is 22.1. The number of anilines is 1. The lowest BCUT2D eigenvalue weighted by atomic mass is 10.1. The number of nitro groups is 1. The monoisotopic (exact) mass is 442 g/mol. The smallest absolute Gasteiger partial charge is 0.341 e. The minimum absolute atomic E-state index is 0.0575. The van der Waals surface area contributed by atoms with Crippen LogP contribution in [0.15, 0.2) is 48.5 Å². The number of halogens is 1. The molecule has 0 saturated carbocycles. The molecule has 0 saturated heterocycles. The van der Waals surface area contributed by atoms with Crippen molar-refractivity contribution >= 4 is 34.4 Å². The fourth-order valence-electron chi connectivity index (χ4n) is 3.12. The minimum atomic E-state index is -0.597. The van der Waals surface area contributed by atoms with Gasteiger partial charge in [-0.2, -0.15) is 0 Å². The van der Waals surface area contributed by atoms with E-state index in [1.54, 1.807) is 44.2 Å². The topological polar surface area (TPSA) is 89.8 Å². The van der Waals surface area contributed by atoms with E-state index in [-0.39, 0.29) is 24.4 Å². The second-order valence-electron chi connectivity index (χ2n) is 6.59. The predicted octanol–water partition coefficient (Wildman–Crippen LogP) is 5.11. The fraction of sp³-hybridized carbons (Fsp3) is 0.182. The average Bonchev–Trinajstić information content (AvgIpc) is 3.10. The summed E-state index contributed by atoms with van der Waals surface area (Å²) < 4.78 is 19.3. The van der Waals surface area contributed by atoms with E-state index < -0.39 is 16.7 Å². The van der Waals surface area contributed by atoms with Gasteiger partial charge in [-0.05, 0) is 43.2 Å². The molecule has 1 amide bonds. The van der Waals surface area contributed by atoms with Gasteiger partial charge in [0.2, 0.25) is 6.41 Å². The Bertz CT molecular complexity index is 1130. The Balaban J connectivity index is 2.10. The first-order chi connectivity index (χ1) is 14.9. The fourth-order valence-corrected chi connectivity index (χ4v) is 4.39. The summed E-state index contributed by atoms with van der Waals surface area (Å²) in [5, 5.41) is 11.3. The molecule has 0 bridgehead atoms. The molecule has 1 aromatic heterocycles. The predicted molar refractivity (Wildman–Crippen MR) is 116 cm³/mol. The number of rotatable bonds is 8. The number of benzene rings is 2. The maximum Gasteiger partial charge on any atom is 0.341 e. The van der Waals surface area contributed by atoms with Gasteiger partial charge in [0.25, 0.3) is 5.69 Å². The summed E-state index contributed by atoms with van der Waals surface area (Å²) in [7, 11) is 0. The van der Waals surface area contributed by atoms with Gasteiger partial charge in [-0.15, -0.1) is 11.3 Å². The van der Waals surface area contributed by atoms with E-state index in [9.17, 15) is 24.1 Å². The Hall–Kier alpha value is -3.59. The maximum absolute atomic E-state index is 14.1. The molecular formula is C22H19FN2O5S. The molecule has 1 heterocycles. The third-order valence-corrected chi connectivity index (χ3v) is 6.01. The van der Waals surface area contributed by atoms with Crippen LogP contribution in [0.5, 0.6) is 0 Å². The number of hydrogen-bond donors (Lipinski definition) is 0. The second-order valence-corrected chi connectivity index (χ2v) is 7.58. The number of nitrogens with zero attached hydrogens (tertiary/aromatic N) is 2. The van der Waals surface area contributed by atoms with E-state index in [0.29, 0.717) is 33.0 Å². The third-order valence-electron chi connectivity index (χ3n) is 4.63. The number of ether oxygens (including phenoxy) is 1. The van der Waals surface area contributed by atoms with Crippen LogP contribution in [-0.4, -0.2) is 23.9 Å². The van der Waals surface area contributed by atoms with E-state index in [4.69, 9.17) is 4.74 Å². The van der Waals surface area contributed by atoms with Gasteiger partial charge in [0.1, 0.15) is 10.8 Å². The molecule has 0 atom stereocenters. The molecule has 3 rings (SSSR count). The number of nitro benzene ring substituents is 1. The summed E-state index contributed by atoms with van der Waals surface area (Å²) in [5.74, 6) is -1.06. The highest BCUT2D eigenvalue weighted by Crippen LogP contribution is 2.42. The molecule has 0 aliphatic rings. The molecule has 31 heavy (non-hydrogen) atoms. The van der Waals surface area contributed by atoms with Gasteiger partial charge in [0.15, 0.2) is 0 Å². The normalized spacial score (nSPS) is 10.5. The van der Waals surface area contributed by atoms with Crippen LogP contribution < -0.4 is 4.90 Å². The molecule has 0 aliphatic heterocycles. The first-order valence-electron chi connectivity index (χ1n) is 9.38. The highest BCUT2D eigenvalue weighted by Gasteiger charge is 2.27. The van der Waals surface area contributed by atoms with Crippen molar-refractivity contribution in [3.8, 4) is 10.4 Å². The number of non-ortho nitro benzene ring substituents is 1. The molecule has 0 aliphatic carbocycles. The molecule has 0 N–H and O–H groups in total. The quantitative estimate of drug-likeness (QED) is 0.209. The Morgan fingerprint density at radius 1 is 1.23 bits per heavy atom. The molecule has 0 spiro atoms. The van der Waals surface area contributed by atoms with Crippen molar-refractivity contribution in [2.24, 2.45) is 0 Å². The summed E-state index contributed by atoms with van der Waals surface area (Å²) >= 11 is 1.17. The molecule has 0 fully saturated rings. The van der Waals surface area contributed by atoms with Crippen LogP contribution in [0, 0.1) is 22.9 Å². The van der Waals surface area contributed by atoms with Gasteiger partial charge in [-0.1, -0.05) is 18.2 Å². The van der Waals surface area contributed by atoms with Crippen LogP contribution in [0.4, 0.5) is 15.1 Å². The average molecular weight is 442 g/mol. The van der Waals surface area contributed by atoms with Crippen LogP contribution in [0.2, 0.25) is 0 Å². The molecule has 160 valence electrons. The van der Waals surface area contributed by atoms with E-state index >= 15 is 0 Å². The van der Waals surface area contributed by atoms with Crippen LogP contribution in [0.3, 0.4) is 0 Å². The molecule has 0 radical (unpaired) electrons. The zero-order valence-corrected chi connectivity index (χ0v) is 17.6. The van der Waals surface area contributed by atoms with E-state index in [0.717, 1.165) is 0 Å². The van der Waals surface area contributed by atoms with Crippen LogP contribution in [0.1, 0.15) is 28.4 Å². The molecule has 7 nitrogen and oxygen atoms in total. The van der Waals surface area contributed by atoms with Crippen LogP contribution in [-0.2, 0) is 16.1 Å². The van der Waals surface area contributed by atoms with E-state index in [1.165, 1.54) is 34.4 Å². The minimum Gasteiger partial charge on any atom is -0.462 e. The van der Waals surface area contributed by atoms with Crippen molar-refractivity contribution in [3.05, 3.63) is 81.2 Å². The number of carbonyl (C=O) groups excluding carboxylic acids is 2. The number of hydrogen-bond acceptors (Lipinski definition) is 6. The Morgan fingerprint density at radius 2 is 1.90 bits per heavy atom. The van der Waals surface area contributed by atoms with Gasteiger partial charge in [-0.3, -0.25) is 14.9 Å². The summed E-state index contributed by atoms with van der Waals surface area (Å²) in [4.78, 5) is 37.0. The lowest BCUT2D eigenvalue weighted by Crippen LogP contribution is -2.22. The molecule has 0 unspecified atom stereocenters. The van der Waals surface area contributed by atoms with Crippen molar-refractivity contribution in [3.63, 3.8) is 0 Å². The third kappa shape index (κ3) is 4.61. The zero-order chi connectivity index (χ0) is 22.5. The van der Waals surface area contributed by atoms with Gasteiger partial charge >= 0.3 is 5.97 Å². The van der Waals surface area contributed by atoms with Gasteiger partial charge in [-0.25, -0.2) is 9.18 Å². The van der Waals surface area contributed by atoms with Crippen LogP contribution in [0.25, 0.3) is 10.4 Å². The van der Waals surface area contributed by atoms with Gasteiger partial charge < -0.3 is 9.64 Å². The first-order valence-corrected chi connectivity index (χ1v) is 10.2. The van der Waals surface area contributed by atoms with Gasteiger partial charge in [0, 0.05) is 22.6 Å². The van der Waals surface area contributed by atoms with Crippen molar-refractivity contribution in [1.29, 1.82) is 0 Å². The highest BCUT2D eigenvalue weighted by atomic mass is 32.1. The van der Waals surface area contributed by atoms with Crippen molar-refractivity contribution in [2.45, 2.75) is 20.4 Å². The van der Waals surface area contributed by atoms with Crippen molar-refractivity contribution in [2.75, 3.05) is 11.5 Å². The number of esters is 1. The summed E-state index contributed by atoms with van der Waals surface area (Å²) in [6.07, 6.45) is 0.542. The number of carbonyl (C=O) groups is 2. The zero-order valence-electron chi connectivity index (χ0n) is 16.8. The largest absolute Gasteiger partial charge is 0.462 e. The summed E-state index contributed by atoms with van der Waals surface area (Å²) in [6.45, 7) is 3.47. The lowest BCUT2D eigenvalue weighted by molar-refractivity contribution is -0.384. The number of amides is 1. The second kappa shape index (κ2) is 9.48. The van der Waals surface area contributed by atoms with Crippen molar-refractivity contribution in [1.82, 2.24) is 0 Å². The molecule has 9 heteroatoms. The SMILES string of the molecule is CCOC(=O)c1c(N(C=O)Cc2ccccc2F)sc(-c2ccc([N+](=O)[O-])cc2)c1C. The Kier molecular flexibility index (Phi) is 6.76. The lowest BCUT2D eigenvalue weighted by Gasteiger charge is -2.18. The van der Waals surface area contributed by atoms with E-state index in [1.807, 2.05) is 0 Å². The summed E-state index contributed by atoms with van der Waals surface area (Å²) in [5.41, 5.74) is 1.68. The van der Waals surface area contributed by atoms with Crippen molar-refractivity contribution < 1.29 is 23.6 Å². The standard InChI is InChI=1S/C22H19FN2O5S/c1-3-30-22(27)19-14(2)20(15-8-10-17(11-9-15)25(28)29)31-21(19)24(13-26)12-16-6-4-5-7-18(16)23/h4-11,13H,3,12H2,1-2H3. The molecule has 3 aromatic rings.